The molecule has 0 aromatic rings. The number of esters is 1. The minimum absolute atomic E-state index is 0.201. The highest BCUT2D eigenvalue weighted by atomic mass is 32.2. The lowest BCUT2D eigenvalue weighted by Gasteiger charge is -2.33. The smallest absolute Gasteiger partial charge is 0.308 e. The standard InChI is InChI=1S/C12H22N2O5S/c1-19-12(16)10-2-4-14(5-3-10)20(17,18)13-8-9-6-11(15)7-9/h9-11,13,15H,2-8H2,1H3. The molecule has 0 amide bonds. The monoisotopic (exact) mass is 306 g/mol. The Bertz CT molecular complexity index is 439. The predicted octanol–water partition coefficient (Wildman–Crippen LogP) is -0.523. The number of nitrogens with zero attached hydrogens (tertiary/aromatic N) is 1. The van der Waals surface area contributed by atoms with Crippen molar-refractivity contribution >= 4 is 16.2 Å². The molecule has 0 atom stereocenters. The van der Waals surface area contributed by atoms with Crippen LogP contribution in [0.2, 0.25) is 0 Å². The lowest BCUT2D eigenvalue weighted by molar-refractivity contribution is -0.146. The van der Waals surface area contributed by atoms with Gasteiger partial charge in [-0.3, -0.25) is 4.79 Å². The molecule has 116 valence electrons. The van der Waals surface area contributed by atoms with Gasteiger partial charge in [-0.1, -0.05) is 0 Å². The normalized spacial score (nSPS) is 28.9. The Hall–Kier alpha value is -0.700. The number of carbonyl (C=O) groups is 1. The van der Waals surface area contributed by atoms with Crippen LogP contribution in [0.1, 0.15) is 25.7 Å². The molecule has 0 bridgehead atoms. The van der Waals surface area contributed by atoms with E-state index in [1.54, 1.807) is 0 Å². The van der Waals surface area contributed by atoms with Crippen LogP contribution in [0.25, 0.3) is 0 Å². The summed E-state index contributed by atoms with van der Waals surface area (Å²) in [6.07, 6.45) is 2.03. The Balaban J connectivity index is 1.78. The van der Waals surface area contributed by atoms with Gasteiger partial charge in [0.25, 0.3) is 10.2 Å². The van der Waals surface area contributed by atoms with Gasteiger partial charge in [-0.25, -0.2) is 4.72 Å². The van der Waals surface area contributed by atoms with E-state index in [-0.39, 0.29) is 23.9 Å². The Labute approximate surface area is 119 Å². The van der Waals surface area contributed by atoms with Gasteiger partial charge in [0.2, 0.25) is 0 Å². The number of nitrogens with one attached hydrogen (secondary N) is 1. The predicted molar refractivity (Wildman–Crippen MR) is 72.0 cm³/mol. The molecular formula is C12H22N2O5S. The lowest BCUT2D eigenvalue weighted by Crippen LogP contribution is -2.48. The zero-order chi connectivity index (χ0) is 14.8. The molecule has 0 aromatic carbocycles. The van der Waals surface area contributed by atoms with Gasteiger partial charge >= 0.3 is 5.97 Å². The van der Waals surface area contributed by atoms with Gasteiger partial charge in [0.1, 0.15) is 0 Å². The summed E-state index contributed by atoms with van der Waals surface area (Å²) < 4.78 is 32.8. The van der Waals surface area contributed by atoms with Crippen LogP contribution in [0.3, 0.4) is 0 Å². The summed E-state index contributed by atoms with van der Waals surface area (Å²) >= 11 is 0. The molecule has 1 heterocycles. The lowest BCUT2D eigenvalue weighted by atomic mass is 9.83. The number of carbonyl (C=O) groups excluding carboxylic acids is 1. The van der Waals surface area contributed by atoms with E-state index in [1.807, 2.05) is 0 Å². The van der Waals surface area contributed by atoms with Crippen LogP contribution in [0.5, 0.6) is 0 Å². The van der Waals surface area contributed by atoms with E-state index in [0.717, 1.165) is 0 Å². The fourth-order valence-corrected chi connectivity index (χ4v) is 4.00. The Morgan fingerprint density at radius 3 is 2.45 bits per heavy atom. The summed E-state index contributed by atoms with van der Waals surface area (Å²) in [4.78, 5) is 11.4. The molecule has 7 nitrogen and oxygen atoms in total. The molecular weight excluding hydrogens is 284 g/mol. The maximum absolute atomic E-state index is 12.1. The van der Waals surface area contributed by atoms with Crippen molar-refractivity contribution in [1.82, 2.24) is 9.03 Å². The van der Waals surface area contributed by atoms with Gasteiger partial charge in [-0.2, -0.15) is 12.7 Å². The largest absolute Gasteiger partial charge is 0.469 e. The third-order valence-corrected chi connectivity index (χ3v) is 5.67. The third-order valence-electron chi connectivity index (χ3n) is 4.09. The molecule has 1 aliphatic heterocycles. The molecule has 2 rings (SSSR count). The quantitative estimate of drug-likeness (QED) is 0.666. The molecule has 1 saturated carbocycles. The van der Waals surface area contributed by atoms with Gasteiger partial charge in [-0.15, -0.1) is 0 Å². The molecule has 2 fully saturated rings. The SMILES string of the molecule is COC(=O)C1CCN(S(=O)(=O)NCC2CC(O)C2)CC1. The fraction of sp³-hybridized carbons (Fsp3) is 0.917. The van der Waals surface area contributed by atoms with Crippen molar-refractivity contribution in [2.75, 3.05) is 26.7 Å². The molecule has 20 heavy (non-hydrogen) atoms. The minimum atomic E-state index is -3.48. The third kappa shape index (κ3) is 3.69. The molecule has 0 unspecified atom stereocenters. The van der Waals surface area contributed by atoms with E-state index in [9.17, 15) is 13.2 Å². The average Bonchev–Trinajstić information content (AvgIpc) is 2.41. The van der Waals surface area contributed by atoms with E-state index in [4.69, 9.17) is 5.11 Å². The molecule has 1 saturated heterocycles. The van der Waals surface area contributed by atoms with Crippen LogP contribution in [-0.4, -0.2) is 56.6 Å². The second kappa shape index (κ2) is 6.38. The van der Waals surface area contributed by atoms with Crippen molar-refractivity contribution in [2.24, 2.45) is 11.8 Å². The minimum Gasteiger partial charge on any atom is -0.469 e. The first-order chi connectivity index (χ1) is 9.42. The zero-order valence-electron chi connectivity index (χ0n) is 11.6. The molecule has 2 aliphatic rings. The van der Waals surface area contributed by atoms with Crippen molar-refractivity contribution < 1.29 is 23.1 Å². The number of aliphatic hydroxyl groups is 1. The number of methoxy groups -OCH3 is 1. The Kier molecular flexibility index (Phi) is 5.00. The number of hydrogen-bond donors (Lipinski definition) is 2. The van der Waals surface area contributed by atoms with Crippen molar-refractivity contribution in [3.63, 3.8) is 0 Å². The van der Waals surface area contributed by atoms with Gasteiger partial charge < -0.3 is 9.84 Å². The second-order valence-electron chi connectivity index (χ2n) is 5.54. The number of rotatable bonds is 5. The van der Waals surface area contributed by atoms with Gasteiger partial charge in [-0.05, 0) is 31.6 Å². The first-order valence-corrected chi connectivity index (χ1v) is 8.37. The zero-order valence-corrected chi connectivity index (χ0v) is 12.4. The second-order valence-corrected chi connectivity index (χ2v) is 7.30. The topological polar surface area (TPSA) is 95.9 Å². The molecule has 1 aliphatic carbocycles. The fourth-order valence-electron chi connectivity index (χ4n) is 2.68. The summed E-state index contributed by atoms with van der Waals surface area (Å²) in [7, 11) is -2.13. The van der Waals surface area contributed by atoms with Crippen molar-refractivity contribution in [2.45, 2.75) is 31.8 Å². The van der Waals surface area contributed by atoms with E-state index < -0.39 is 10.2 Å². The van der Waals surface area contributed by atoms with Crippen LogP contribution in [-0.2, 0) is 19.7 Å². The highest BCUT2D eigenvalue weighted by molar-refractivity contribution is 7.87. The first-order valence-electron chi connectivity index (χ1n) is 6.93. The molecule has 8 heteroatoms. The van der Waals surface area contributed by atoms with Crippen LogP contribution in [0.4, 0.5) is 0 Å². The van der Waals surface area contributed by atoms with Crippen molar-refractivity contribution in [1.29, 1.82) is 0 Å². The number of piperidine rings is 1. The van der Waals surface area contributed by atoms with Crippen LogP contribution >= 0.6 is 0 Å². The average molecular weight is 306 g/mol. The van der Waals surface area contributed by atoms with E-state index in [1.165, 1.54) is 11.4 Å². The van der Waals surface area contributed by atoms with Gasteiger partial charge in [0, 0.05) is 19.6 Å². The Morgan fingerprint density at radius 2 is 1.95 bits per heavy atom. The van der Waals surface area contributed by atoms with Gasteiger partial charge in [0.05, 0.1) is 19.1 Å². The first kappa shape index (κ1) is 15.7. The van der Waals surface area contributed by atoms with E-state index >= 15 is 0 Å². The van der Waals surface area contributed by atoms with E-state index in [0.29, 0.717) is 45.3 Å². The summed E-state index contributed by atoms with van der Waals surface area (Å²) in [5.41, 5.74) is 0. The Morgan fingerprint density at radius 1 is 1.35 bits per heavy atom. The van der Waals surface area contributed by atoms with Crippen molar-refractivity contribution in [3.8, 4) is 0 Å². The van der Waals surface area contributed by atoms with Crippen LogP contribution in [0.15, 0.2) is 0 Å². The molecule has 0 aromatic heterocycles. The van der Waals surface area contributed by atoms with Crippen LogP contribution < -0.4 is 4.72 Å². The molecule has 0 spiro atoms. The summed E-state index contributed by atoms with van der Waals surface area (Å²) in [5.74, 6) is -0.237. The van der Waals surface area contributed by atoms with Gasteiger partial charge in [0.15, 0.2) is 0 Å². The summed E-state index contributed by atoms with van der Waals surface area (Å²) in [5, 5.41) is 9.17. The van der Waals surface area contributed by atoms with Crippen LogP contribution in [0, 0.1) is 11.8 Å². The van der Waals surface area contributed by atoms with Crippen molar-refractivity contribution in [3.05, 3.63) is 0 Å². The maximum Gasteiger partial charge on any atom is 0.308 e. The summed E-state index contributed by atoms with van der Waals surface area (Å²) in [6, 6.07) is 0. The number of hydrogen-bond acceptors (Lipinski definition) is 5. The molecule has 2 N–H and O–H groups in total. The maximum atomic E-state index is 12.1. The summed E-state index contributed by atoms with van der Waals surface area (Å²) in [6.45, 7) is 1.04. The number of ether oxygens (including phenoxy) is 1. The highest BCUT2D eigenvalue weighted by Gasteiger charge is 2.33. The van der Waals surface area contributed by atoms with E-state index in [2.05, 4.69) is 9.46 Å². The highest BCUT2D eigenvalue weighted by Crippen LogP contribution is 2.26. The number of aliphatic hydroxyl groups excluding tert-OH is 1. The molecule has 0 radical (unpaired) electrons.